The Kier molecular flexibility index (Phi) is 6.29. The molecule has 0 saturated heterocycles. The maximum absolute atomic E-state index is 8.66. The first kappa shape index (κ1) is 15.8. The van der Waals surface area contributed by atoms with Gasteiger partial charge in [0.1, 0.15) is 5.84 Å². The Morgan fingerprint density at radius 2 is 2.35 bits per heavy atom. The van der Waals surface area contributed by atoms with Crippen LogP contribution in [0.1, 0.15) is 5.69 Å². The zero-order valence-electron chi connectivity index (χ0n) is 10.6. The third kappa shape index (κ3) is 4.76. The van der Waals surface area contributed by atoms with Crippen molar-refractivity contribution in [1.29, 1.82) is 10.5 Å². The molecule has 0 spiro atoms. The lowest BCUT2D eigenvalue weighted by atomic mass is 10.2. The van der Waals surface area contributed by atoms with Crippen LogP contribution in [0.4, 0.5) is 5.13 Å². The second-order valence-electron chi connectivity index (χ2n) is 3.42. The summed E-state index contributed by atoms with van der Waals surface area (Å²) in [4.78, 5) is 11.7. The number of guanidine groups is 1. The summed E-state index contributed by atoms with van der Waals surface area (Å²) in [7, 11) is 0. The van der Waals surface area contributed by atoms with Gasteiger partial charge in [0.2, 0.25) is 11.3 Å². The summed E-state index contributed by atoms with van der Waals surface area (Å²) < 4.78 is 0. The van der Waals surface area contributed by atoms with E-state index in [0.29, 0.717) is 17.4 Å². The van der Waals surface area contributed by atoms with Crippen molar-refractivity contribution in [1.82, 2.24) is 10.3 Å². The number of nitrogens with zero attached hydrogens (tertiary/aromatic N) is 5. The van der Waals surface area contributed by atoms with Crippen LogP contribution >= 0.6 is 23.1 Å². The number of rotatable bonds is 5. The number of thioether (sulfide) groups is 1. The number of amidine groups is 1. The summed E-state index contributed by atoms with van der Waals surface area (Å²) in [5.41, 5.74) is 11.3. The number of nitriles is 2. The first-order valence-corrected chi connectivity index (χ1v) is 7.46. The third-order valence-corrected chi connectivity index (χ3v) is 3.85. The second kappa shape index (κ2) is 7.99. The van der Waals surface area contributed by atoms with Crippen LogP contribution in [0, 0.1) is 22.9 Å². The average Bonchev–Trinajstić information content (AvgIpc) is 2.82. The Labute approximate surface area is 124 Å². The zero-order valence-corrected chi connectivity index (χ0v) is 12.2. The van der Waals surface area contributed by atoms with E-state index in [1.165, 1.54) is 23.1 Å². The van der Waals surface area contributed by atoms with Gasteiger partial charge in [0.05, 0.1) is 10.9 Å². The number of nitrogens with two attached hydrogens (primary N) is 2. The van der Waals surface area contributed by atoms with Crippen molar-refractivity contribution in [2.24, 2.45) is 21.5 Å². The number of hydrogen-bond acceptors (Lipinski definition) is 7. The number of aromatic nitrogens is 1. The molecule has 0 aliphatic heterocycles. The van der Waals surface area contributed by atoms with Crippen LogP contribution in [-0.2, 0) is 6.42 Å². The van der Waals surface area contributed by atoms with E-state index in [1.807, 2.05) is 11.6 Å². The number of hydrogen-bond donors (Lipinski definition) is 3. The molecule has 1 aromatic heterocycles. The summed E-state index contributed by atoms with van der Waals surface area (Å²) in [5.74, 6) is 0.254. The van der Waals surface area contributed by atoms with Crippen molar-refractivity contribution in [2.45, 2.75) is 11.7 Å². The molecule has 0 aliphatic rings. The highest BCUT2D eigenvalue weighted by Gasteiger charge is 2.17. The lowest BCUT2D eigenvalue weighted by molar-refractivity contribution is 0.975. The Hall–Kier alpha value is -2.30. The molecule has 1 heterocycles. The smallest absolute Gasteiger partial charge is 0.212 e. The van der Waals surface area contributed by atoms with E-state index in [4.69, 9.17) is 22.0 Å². The molecule has 1 aromatic rings. The number of thiazole rings is 1. The van der Waals surface area contributed by atoms with Gasteiger partial charge in [-0.15, -0.1) is 11.3 Å². The van der Waals surface area contributed by atoms with Crippen molar-refractivity contribution in [2.75, 3.05) is 6.26 Å². The van der Waals surface area contributed by atoms with Crippen molar-refractivity contribution in [3.05, 3.63) is 11.1 Å². The molecular weight excluding hydrogens is 296 g/mol. The van der Waals surface area contributed by atoms with E-state index in [-0.39, 0.29) is 11.2 Å². The normalized spacial score (nSPS) is 12.1. The van der Waals surface area contributed by atoms with E-state index in [1.54, 1.807) is 12.4 Å². The highest BCUT2D eigenvalue weighted by Crippen LogP contribution is 2.22. The van der Waals surface area contributed by atoms with E-state index in [9.17, 15) is 0 Å². The van der Waals surface area contributed by atoms with E-state index >= 15 is 0 Å². The van der Waals surface area contributed by atoms with E-state index < -0.39 is 0 Å². The molecule has 20 heavy (non-hydrogen) atoms. The quantitative estimate of drug-likeness (QED) is 0.306. The predicted molar refractivity (Wildman–Crippen MR) is 80.4 cm³/mol. The Morgan fingerprint density at radius 1 is 1.60 bits per heavy atom. The summed E-state index contributed by atoms with van der Waals surface area (Å²) in [6, 6.07) is 0. The summed E-state index contributed by atoms with van der Waals surface area (Å²) in [6.07, 6.45) is 5.81. The standard InChI is InChI=1S/C10H12N8S2/c1-19-7(8(15-4-11)16-5-12)2-6-3-20-10(17-6)18-9(13)14/h3,7H,2H2,1H3,(H,15,16)(H4,13,14,17,18). The molecule has 104 valence electrons. The molecule has 0 radical (unpaired) electrons. The Bertz CT molecular complexity index is 587. The number of nitrogens with one attached hydrogen (secondary N) is 1. The first-order chi connectivity index (χ1) is 9.60. The molecule has 1 rings (SSSR count). The molecule has 1 atom stereocenters. The third-order valence-electron chi connectivity index (χ3n) is 2.10. The lowest BCUT2D eigenvalue weighted by Crippen LogP contribution is -2.31. The van der Waals surface area contributed by atoms with Gasteiger partial charge in [0, 0.05) is 11.8 Å². The fourth-order valence-electron chi connectivity index (χ4n) is 1.32. The van der Waals surface area contributed by atoms with E-state index in [0.717, 1.165) is 5.69 Å². The van der Waals surface area contributed by atoms with Crippen LogP contribution in [0.5, 0.6) is 0 Å². The van der Waals surface area contributed by atoms with Crippen LogP contribution in [-0.4, -0.2) is 28.3 Å². The van der Waals surface area contributed by atoms with Gasteiger partial charge < -0.3 is 11.5 Å². The summed E-state index contributed by atoms with van der Waals surface area (Å²) >= 11 is 2.77. The molecule has 0 aromatic carbocycles. The molecule has 0 amide bonds. The van der Waals surface area contributed by atoms with E-state index in [2.05, 4.69) is 20.3 Å². The summed E-state index contributed by atoms with van der Waals surface area (Å²) in [5, 5.41) is 21.8. The van der Waals surface area contributed by atoms with Gasteiger partial charge in [0.25, 0.3) is 0 Å². The van der Waals surface area contributed by atoms with Crippen LogP contribution in [0.15, 0.2) is 15.4 Å². The highest BCUT2D eigenvalue weighted by atomic mass is 32.2. The van der Waals surface area contributed by atoms with Crippen LogP contribution in [0.25, 0.3) is 0 Å². The molecule has 1 unspecified atom stereocenters. The Balaban J connectivity index is 2.86. The predicted octanol–water partition coefficient (Wildman–Crippen LogP) is 0.272. The minimum atomic E-state index is -0.177. The maximum atomic E-state index is 8.66. The molecule has 10 heteroatoms. The largest absolute Gasteiger partial charge is 0.370 e. The minimum Gasteiger partial charge on any atom is -0.370 e. The topological polar surface area (TPSA) is 149 Å². The molecule has 0 saturated carbocycles. The van der Waals surface area contributed by atoms with Gasteiger partial charge >= 0.3 is 0 Å². The van der Waals surface area contributed by atoms with Crippen LogP contribution in [0.3, 0.4) is 0 Å². The van der Waals surface area contributed by atoms with Gasteiger partial charge in [-0.1, -0.05) is 0 Å². The molecule has 0 bridgehead atoms. The van der Waals surface area contributed by atoms with Crippen molar-refractivity contribution in [3.63, 3.8) is 0 Å². The highest BCUT2D eigenvalue weighted by molar-refractivity contribution is 7.99. The Morgan fingerprint density at radius 3 is 2.90 bits per heavy atom. The minimum absolute atomic E-state index is 0.0507. The molecular formula is C10H12N8S2. The number of aliphatic imine (C=N–C) groups is 2. The molecule has 8 nitrogen and oxygen atoms in total. The SMILES string of the molecule is CSC(Cc1csc(N=C(N)N)n1)C(=NC#N)NC#N. The van der Waals surface area contributed by atoms with Gasteiger partial charge in [-0.25, -0.2) is 4.98 Å². The fourth-order valence-corrected chi connectivity index (χ4v) is 2.72. The van der Waals surface area contributed by atoms with Gasteiger partial charge in [-0.2, -0.15) is 32.3 Å². The monoisotopic (exact) mass is 308 g/mol. The fraction of sp³-hybridized carbons (Fsp3) is 0.300. The lowest BCUT2D eigenvalue weighted by Gasteiger charge is -2.12. The van der Waals surface area contributed by atoms with Gasteiger partial charge in [-0.05, 0) is 6.26 Å². The van der Waals surface area contributed by atoms with Crippen molar-refractivity contribution in [3.8, 4) is 12.4 Å². The zero-order chi connectivity index (χ0) is 15.0. The van der Waals surface area contributed by atoms with Crippen molar-refractivity contribution >= 4 is 40.0 Å². The van der Waals surface area contributed by atoms with Gasteiger partial charge in [0.15, 0.2) is 12.2 Å². The average molecular weight is 308 g/mol. The molecule has 5 N–H and O–H groups in total. The van der Waals surface area contributed by atoms with Crippen molar-refractivity contribution < 1.29 is 0 Å². The first-order valence-electron chi connectivity index (χ1n) is 5.29. The molecule has 0 fully saturated rings. The van der Waals surface area contributed by atoms with Crippen LogP contribution < -0.4 is 16.8 Å². The maximum Gasteiger partial charge on any atom is 0.212 e. The second-order valence-corrected chi connectivity index (χ2v) is 5.30. The summed E-state index contributed by atoms with van der Waals surface area (Å²) in [6.45, 7) is 0. The van der Waals surface area contributed by atoms with Crippen LogP contribution in [0.2, 0.25) is 0 Å². The van der Waals surface area contributed by atoms with Gasteiger partial charge in [-0.3, -0.25) is 5.32 Å². The molecule has 0 aliphatic carbocycles.